The molecular formula is C12H21N5O. The molecule has 0 spiro atoms. The van der Waals surface area contributed by atoms with E-state index in [0.29, 0.717) is 11.4 Å². The van der Waals surface area contributed by atoms with E-state index in [1.54, 1.807) is 7.05 Å². The second-order valence-corrected chi connectivity index (χ2v) is 4.83. The minimum Gasteiger partial charge on any atom is -0.368 e. The molecule has 0 saturated carbocycles. The molecule has 0 radical (unpaired) electrons. The largest absolute Gasteiger partial charge is 0.368 e. The number of nitrogens with two attached hydrogens (primary N) is 1. The molecule has 0 aromatic carbocycles. The van der Waals surface area contributed by atoms with Gasteiger partial charge in [-0.3, -0.25) is 4.79 Å². The van der Waals surface area contributed by atoms with Crippen molar-refractivity contribution in [3.8, 4) is 0 Å². The number of hydrogen-bond donors (Lipinski definition) is 3. The van der Waals surface area contributed by atoms with Gasteiger partial charge in [0.05, 0.1) is 0 Å². The summed E-state index contributed by atoms with van der Waals surface area (Å²) in [6.45, 7) is 6.22. The maximum Gasteiger partial charge on any atom is 0.256 e. The van der Waals surface area contributed by atoms with E-state index in [-0.39, 0.29) is 17.4 Å². The Morgan fingerprint density at radius 1 is 1.50 bits per heavy atom. The Labute approximate surface area is 107 Å². The van der Waals surface area contributed by atoms with Gasteiger partial charge < -0.3 is 16.4 Å². The van der Waals surface area contributed by atoms with Gasteiger partial charge in [-0.05, 0) is 20.3 Å². The first kappa shape index (κ1) is 14.2. The first-order chi connectivity index (χ1) is 8.39. The van der Waals surface area contributed by atoms with Crippen molar-refractivity contribution in [2.75, 3.05) is 18.1 Å². The van der Waals surface area contributed by atoms with Crippen LogP contribution in [0.4, 0.5) is 11.8 Å². The summed E-state index contributed by atoms with van der Waals surface area (Å²) >= 11 is 0. The van der Waals surface area contributed by atoms with Crippen molar-refractivity contribution in [1.29, 1.82) is 0 Å². The second kappa shape index (κ2) is 5.66. The van der Waals surface area contributed by atoms with Crippen LogP contribution in [-0.4, -0.2) is 28.5 Å². The van der Waals surface area contributed by atoms with Crippen LogP contribution >= 0.6 is 0 Å². The zero-order valence-electron chi connectivity index (χ0n) is 11.4. The van der Waals surface area contributed by atoms with Gasteiger partial charge >= 0.3 is 0 Å². The fourth-order valence-corrected chi connectivity index (χ4v) is 1.80. The molecule has 1 rings (SSSR count). The lowest BCUT2D eigenvalue weighted by molar-refractivity contribution is 0.0963. The number of nitrogen functional groups attached to an aromatic ring is 1. The van der Waals surface area contributed by atoms with Crippen LogP contribution in [0.15, 0.2) is 6.20 Å². The lowest BCUT2D eigenvalue weighted by atomic mass is 9.99. The van der Waals surface area contributed by atoms with Gasteiger partial charge in [-0.25, -0.2) is 4.98 Å². The molecule has 0 atom stereocenters. The maximum atomic E-state index is 11.7. The van der Waals surface area contributed by atoms with Gasteiger partial charge in [0.25, 0.3) is 5.91 Å². The first-order valence-electron chi connectivity index (χ1n) is 6.02. The highest BCUT2D eigenvalue weighted by Crippen LogP contribution is 2.21. The van der Waals surface area contributed by atoms with Crippen LogP contribution in [-0.2, 0) is 0 Å². The summed E-state index contributed by atoms with van der Waals surface area (Å²) in [4.78, 5) is 19.7. The molecule has 0 bridgehead atoms. The van der Waals surface area contributed by atoms with Crippen LogP contribution in [0, 0.1) is 0 Å². The lowest BCUT2D eigenvalue weighted by Crippen LogP contribution is -2.33. The number of amides is 1. The van der Waals surface area contributed by atoms with E-state index in [2.05, 4.69) is 41.4 Å². The molecule has 6 nitrogen and oxygen atoms in total. The number of hydrogen-bond acceptors (Lipinski definition) is 5. The van der Waals surface area contributed by atoms with E-state index < -0.39 is 0 Å². The normalized spacial score (nSPS) is 11.1. The van der Waals surface area contributed by atoms with E-state index in [9.17, 15) is 4.79 Å². The smallest absolute Gasteiger partial charge is 0.256 e. The van der Waals surface area contributed by atoms with E-state index in [4.69, 9.17) is 5.73 Å². The van der Waals surface area contributed by atoms with Crippen molar-refractivity contribution < 1.29 is 4.79 Å². The number of nitrogens with one attached hydrogen (secondary N) is 2. The SMILES string of the molecule is CCCC(C)(C)Nc1nc(N)ncc1C(=O)NC. The van der Waals surface area contributed by atoms with Crippen molar-refractivity contribution in [2.45, 2.75) is 39.2 Å². The topological polar surface area (TPSA) is 92.9 Å². The molecule has 4 N–H and O–H groups in total. The predicted molar refractivity (Wildman–Crippen MR) is 72.4 cm³/mol. The minimum absolute atomic E-state index is 0.150. The molecule has 0 aliphatic heterocycles. The van der Waals surface area contributed by atoms with Gasteiger partial charge in [-0.1, -0.05) is 13.3 Å². The van der Waals surface area contributed by atoms with E-state index in [1.807, 2.05) is 0 Å². The number of carbonyl (C=O) groups excluding carboxylic acids is 1. The zero-order valence-corrected chi connectivity index (χ0v) is 11.4. The van der Waals surface area contributed by atoms with Crippen molar-refractivity contribution in [3.05, 3.63) is 11.8 Å². The van der Waals surface area contributed by atoms with Crippen molar-refractivity contribution in [3.63, 3.8) is 0 Å². The highest BCUT2D eigenvalue weighted by molar-refractivity contribution is 5.98. The lowest BCUT2D eigenvalue weighted by Gasteiger charge is -2.27. The molecule has 0 aliphatic carbocycles. The number of carbonyl (C=O) groups is 1. The van der Waals surface area contributed by atoms with E-state index in [0.717, 1.165) is 12.8 Å². The molecule has 0 fully saturated rings. The third-order valence-electron chi connectivity index (χ3n) is 2.61. The quantitative estimate of drug-likeness (QED) is 0.735. The molecule has 6 heteroatoms. The summed E-state index contributed by atoms with van der Waals surface area (Å²) in [7, 11) is 1.57. The highest BCUT2D eigenvalue weighted by atomic mass is 16.1. The Kier molecular flexibility index (Phi) is 4.47. The summed E-state index contributed by atoms with van der Waals surface area (Å²) in [5.41, 5.74) is 5.81. The third kappa shape index (κ3) is 3.58. The fourth-order valence-electron chi connectivity index (χ4n) is 1.80. The summed E-state index contributed by atoms with van der Waals surface area (Å²) in [5.74, 6) is 0.391. The number of aromatic nitrogens is 2. The Morgan fingerprint density at radius 2 is 2.17 bits per heavy atom. The Balaban J connectivity index is 3.06. The molecule has 1 amide bonds. The van der Waals surface area contributed by atoms with Crippen LogP contribution in [0.25, 0.3) is 0 Å². The molecule has 0 saturated heterocycles. The van der Waals surface area contributed by atoms with Crippen LogP contribution in [0.1, 0.15) is 44.0 Å². The number of anilines is 2. The fraction of sp³-hybridized carbons (Fsp3) is 0.583. The van der Waals surface area contributed by atoms with Gasteiger partial charge in [-0.15, -0.1) is 0 Å². The molecule has 100 valence electrons. The Bertz CT molecular complexity index is 430. The average molecular weight is 251 g/mol. The third-order valence-corrected chi connectivity index (χ3v) is 2.61. The molecule has 1 aromatic heterocycles. The van der Waals surface area contributed by atoms with Gasteiger partial charge in [0.2, 0.25) is 5.95 Å². The predicted octanol–water partition coefficient (Wildman–Crippen LogP) is 1.41. The monoisotopic (exact) mass is 251 g/mol. The Morgan fingerprint density at radius 3 is 2.72 bits per heavy atom. The van der Waals surface area contributed by atoms with Gasteiger partial charge in [-0.2, -0.15) is 4.98 Å². The van der Waals surface area contributed by atoms with Crippen LogP contribution < -0.4 is 16.4 Å². The molecule has 18 heavy (non-hydrogen) atoms. The molecule has 1 aromatic rings. The van der Waals surface area contributed by atoms with Gasteiger partial charge in [0.1, 0.15) is 11.4 Å². The van der Waals surface area contributed by atoms with Crippen molar-refractivity contribution >= 4 is 17.7 Å². The van der Waals surface area contributed by atoms with E-state index >= 15 is 0 Å². The van der Waals surface area contributed by atoms with Crippen LogP contribution in [0.5, 0.6) is 0 Å². The molecule has 0 unspecified atom stereocenters. The highest BCUT2D eigenvalue weighted by Gasteiger charge is 2.21. The van der Waals surface area contributed by atoms with E-state index in [1.165, 1.54) is 6.20 Å². The number of rotatable bonds is 5. The second-order valence-electron chi connectivity index (χ2n) is 4.83. The zero-order chi connectivity index (χ0) is 13.8. The summed E-state index contributed by atoms with van der Waals surface area (Å²) in [5, 5.41) is 5.81. The van der Waals surface area contributed by atoms with Gasteiger partial charge in [0.15, 0.2) is 0 Å². The molecular weight excluding hydrogens is 230 g/mol. The van der Waals surface area contributed by atoms with Crippen molar-refractivity contribution in [1.82, 2.24) is 15.3 Å². The summed E-state index contributed by atoms with van der Waals surface area (Å²) in [6.07, 6.45) is 3.44. The summed E-state index contributed by atoms with van der Waals surface area (Å²) in [6, 6.07) is 0. The molecule has 0 aliphatic rings. The summed E-state index contributed by atoms with van der Waals surface area (Å²) < 4.78 is 0. The van der Waals surface area contributed by atoms with Gasteiger partial charge in [0, 0.05) is 18.8 Å². The average Bonchev–Trinajstić information content (AvgIpc) is 2.27. The number of nitrogens with zero attached hydrogens (tertiary/aromatic N) is 2. The molecule has 1 heterocycles. The van der Waals surface area contributed by atoms with Crippen LogP contribution in [0.3, 0.4) is 0 Å². The Hall–Kier alpha value is -1.85. The van der Waals surface area contributed by atoms with Crippen LogP contribution in [0.2, 0.25) is 0 Å². The first-order valence-corrected chi connectivity index (χ1v) is 6.02. The maximum absolute atomic E-state index is 11.7. The van der Waals surface area contributed by atoms with Crippen molar-refractivity contribution in [2.24, 2.45) is 0 Å². The minimum atomic E-state index is -0.232. The standard InChI is InChI=1S/C12H21N5O/c1-5-6-12(2,3)17-9-8(10(18)14-4)7-15-11(13)16-9/h7H,5-6H2,1-4H3,(H,14,18)(H3,13,15,16,17).